The monoisotopic (exact) mass is 1200 g/mol. The van der Waals surface area contributed by atoms with Gasteiger partial charge >= 0.3 is 413 Å². The van der Waals surface area contributed by atoms with Crippen LogP contribution in [-0.2, 0) is 9.59 Å². The van der Waals surface area contributed by atoms with Gasteiger partial charge in [-0.3, -0.25) is 0 Å². The van der Waals surface area contributed by atoms with E-state index in [0.29, 0.717) is 10.5 Å². The Labute approximate surface area is 409 Å². The van der Waals surface area contributed by atoms with Crippen molar-refractivity contribution >= 4 is 96.4 Å². The third-order valence-electron chi connectivity index (χ3n) is 12.1. The predicted octanol–water partition coefficient (Wildman–Crippen LogP) is 7.47. The summed E-state index contributed by atoms with van der Waals surface area (Å²) in [5.41, 5.74) is 0. The molecular formula is C60H55BiGe2O4. The molecule has 0 amide bonds. The van der Waals surface area contributed by atoms with Crippen LogP contribution < -0.4 is 36.2 Å². The van der Waals surface area contributed by atoms with Gasteiger partial charge in [-0.1, -0.05) is 0 Å². The van der Waals surface area contributed by atoms with Gasteiger partial charge in [-0.05, 0) is 0 Å². The Morgan fingerprint density at radius 1 is 0.284 bits per heavy atom. The fourth-order valence-electron chi connectivity index (χ4n) is 8.97. The van der Waals surface area contributed by atoms with E-state index < -0.39 is 60.2 Å². The second-order valence-electron chi connectivity index (χ2n) is 16.1. The molecule has 0 aliphatic rings. The summed E-state index contributed by atoms with van der Waals surface area (Å²) in [5.74, 6) is -1.46. The Morgan fingerprint density at radius 2 is 0.448 bits per heavy atom. The molecule has 0 aromatic heterocycles. The maximum atomic E-state index is 11.4. The molecule has 7 heteroatoms. The summed E-state index contributed by atoms with van der Waals surface area (Å²) in [6.45, 7) is 0. The molecule has 0 saturated carbocycles. The first kappa shape index (κ1) is 48.8. The standard InChI is InChI=1S/2C21H20GeO2.3C6H5.Bi/c2*23-21(24)16-17-22(18-10-4-1-5-11-18,19-12-6-2-7-13-19)20-14-8-3-9-15-20;3*1-2-4-6-5-3-1;/h2*1-15H,16-17H2,(H,23,24);3*1-5H;. The molecular weight excluding hydrogens is 1140 g/mol. The average molecular weight is 1190 g/mol. The molecule has 67 heavy (non-hydrogen) atoms. The van der Waals surface area contributed by atoms with Gasteiger partial charge < -0.3 is 0 Å². The van der Waals surface area contributed by atoms with Crippen LogP contribution in [0.5, 0.6) is 0 Å². The van der Waals surface area contributed by atoms with Crippen molar-refractivity contribution in [1.29, 1.82) is 0 Å². The summed E-state index contributed by atoms with van der Waals surface area (Å²) in [4.78, 5) is 22.7. The zero-order chi connectivity index (χ0) is 46.6. The van der Waals surface area contributed by atoms with Crippen molar-refractivity contribution in [2.45, 2.75) is 23.3 Å². The fourth-order valence-corrected chi connectivity index (χ4v) is 37.8. The van der Waals surface area contributed by atoms with Gasteiger partial charge in [-0.2, -0.15) is 0 Å². The Morgan fingerprint density at radius 3 is 0.612 bits per heavy atom. The molecule has 0 unspecified atom stereocenters. The second kappa shape index (κ2) is 25.1. The summed E-state index contributed by atoms with van der Waals surface area (Å²) in [7, 11) is 0. The van der Waals surface area contributed by atoms with Crippen molar-refractivity contribution in [3.05, 3.63) is 273 Å². The minimum absolute atomic E-state index is 0.193. The van der Waals surface area contributed by atoms with Crippen LogP contribution in [-0.4, -0.2) is 70.4 Å². The topological polar surface area (TPSA) is 74.6 Å². The van der Waals surface area contributed by atoms with Gasteiger partial charge in [-0.25, -0.2) is 0 Å². The third kappa shape index (κ3) is 12.7. The Balaban J connectivity index is 0.000000150. The van der Waals surface area contributed by atoms with E-state index in [0.717, 1.165) is 0 Å². The van der Waals surface area contributed by atoms with Gasteiger partial charge in [0, 0.05) is 0 Å². The molecule has 2 N–H and O–H groups in total. The van der Waals surface area contributed by atoms with E-state index in [9.17, 15) is 19.8 Å². The van der Waals surface area contributed by atoms with Crippen LogP contribution in [0.4, 0.5) is 0 Å². The average Bonchev–Trinajstić information content (AvgIpc) is 3.40. The van der Waals surface area contributed by atoms with Gasteiger partial charge in [0.2, 0.25) is 0 Å². The molecule has 332 valence electrons. The summed E-state index contributed by atoms with van der Waals surface area (Å²) >= 11 is -8.13. The molecule has 0 heterocycles. The van der Waals surface area contributed by atoms with Crippen LogP contribution in [0.1, 0.15) is 12.8 Å². The number of hydrogen-bond donors (Lipinski definition) is 2. The molecule has 0 aliphatic carbocycles. The summed E-state index contributed by atoms with van der Waals surface area (Å²) in [5, 5.41) is 20.1. The molecule has 0 spiro atoms. The van der Waals surface area contributed by atoms with Crippen LogP contribution in [0.25, 0.3) is 0 Å². The van der Waals surface area contributed by atoms with Crippen molar-refractivity contribution in [2.75, 3.05) is 0 Å². The van der Waals surface area contributed by atoms with E-state index in [4.69, 9.17) is 0 Å². The first-order valence-electron chi connectivity index (χ1n) is 22.6. The van der Waals surface area contributed by atoms with Crippen LogP contribution >= 0.6 is 0 Å². The number of hydrogen-bond acceptors (Lipinski definition) is 2. The Bertz CT molecular complexity index is 2400. The third-order valence-corrected chi connectivity index (χ3v) is 42.4. The summed E-state index contributed by atoms with van der Waals surface area (Å²) in [6.07, 6.45) is 0.386. The number of carboxylic acids is 2. The minimum atomic E-state index is -3.03. The van der Waals surface area contributed by atoms with Crippen molar-refractivity contribution in [3.63, 3.8) is 0 Å². The zero-order valence-electron chi connectivity index (χ0n) is 37.5. The van der Waals surface area contributed by atoms with E-state index in [-0.39, 0.29) is 12.8 Å². The number of rotatable bonds is 15. The van der Waals surface area contributed by atoms with Gasteiger partial charge in [0.25, 0.3) is 0 Å². The Hall–Kier alpha value is -6.11. The van der Waals surface area contributed by atoms with Gasteiger partial charge in [0.1, 0.15) is 0 Å². The quantitative estimate of drug-likeness (QED) is 0.105. The van der Waals surface area contributed by atoms with Crippen LogP contribution in [0.3, 0.4) is 0 Å². The SMILES string of the molecule is O=C(O)C[CH2][Ge]([c]1ccccc1)([c]1ccccc1)[c]1ccccc1.O=C(O)C[CH2][Ge]([c]1ccccc1)([c]1ccccc1)[c]1ccccc1.c1cc[c]([Bi]([c]2ccccc2)[c]2ccccc2)cc1. The van der Waals surface area contributed by atoms with Crippen LogP contribution in [0.2, 0.25) is 10.5 Å². The first-order chi connectivity index (χ1) is 32.9. The van der Waals surface area contributed by atoms with E-state index in [2.05, 4.69) is 237 Å². The molecule has 0 saturated heterocycles. The van der Waals surface area contributed by atoms with Gasteiger partial charge in [0.05, 0.1) is 0 Å². The summed E-state index contributed by atoms with van der Waals surface area (Å²) < 4.78 is 12.4. The molecule has 0 bridgehead atoms. The van der Waals surface area contributed by atoms with E-state index in [1.807, 2.05) is 36.4 Å². The summed E-state index contributed by atoms with van der Waals surface area (Å²) in [6, 6.07) is 95.8. The van der Waals surface area contributed by atoms with E-state index >= 15 is 0 Å². The molecule has 9 aromatic rings. The number of benzene rings is 9. The van der Waals surface area contributed by atoms with Crippen molar-refractivity contribution in [2.24, 2.45) is 0 Å². The molecule has 4 nitrogen and oxygen atoms in total. The number of carboxylic acid groups (broad SMARTS) is 2. The zero-order valence-corrected chi connectivity index (χ0v) is 45.1. The van der Waals surface area contributed by atoms with Gasteiger partial charge in [0.15, 0.2) is 0 Å². The molecule has 0 radical (unpaired) electrons. The van der Waals surface area contributed by atoms with Gasteiger partial charge in [-0.15, -0.1) is 0 Å². The molecule has 0 aliphatic heterocycles. The van der Waals surface area contributed by atoms with Crippen molar-refractivity contribution in [1.82, 2.24) is 0 Å². The molecule has 9 aromatic carbocycles. The first-order valence-corrected chi connectivity index (χ1v) is 37.1. The maximum absolute atomic E-state index is 11.4. The van der Waals surface area contributed by atoms with E-state index in [1.165, 1.54) is 36.2 Å². The van der Waals surface area contributed by atoms with Crippen molar-refractivity contribution < 1.29 is 19.8 Å². The van der Waals surface area contributed by atoms with E-state index in [1.54, 1.807) is 0 Å². The second-order valence-corrected chi connectivity index (χ2v) is 41.7. The Kier molecular flexibility index (Phi) is 18.3. The van der Waals surface area contributed by atoms with Crippen molar-refractivity contribution in [3.8, 4) is 0 Å². The number of aliphatic carboxylic acids is 2. The van der Waals surface area contributed by atoms with Crippen LogP contribution in [0, 0.1) is 0 Å². The molecule has 9 rings (SSSR count). The molecule has 0 fully saturated rings. The predicted molar refractivity (Wildman–Crippen MR) is 286 cm³/mol. The molecule has 0 atom stereocenters. The number of carbonyl (C=O) groups is 2. The fraction of sp³-hybridized carbons (Fsp3) is 0.0667. The normalized spacial score (nSPS) is 11.0. The van der Waals surface area contributed by atoms with Crippen LogP contribution in [0.15, 0.2) is 273 Å².